The summed E-state index contributed by atoms with van der Waals surface area (Å²) >= 11 is 3.54. The van der Waals surface area contributed by atoms with E-state index in [1.54, 1.807) is 12.4 Å². The summed E-state index contributed by atoms with van der Waals surface area (Å²) in [5.74, 6) is 0.443. The van der Waals surface area contributed by atoms with Gasteiger partial charge in [0.2, 0.25) is 5.95 Å². The van der Waals surface area contributed by atoms with Gasteiger partial charge in [-0.2, -0.15) is 5.10 Å². The fourth-order valence-corrected chi connectivity index (χ4v) is 3.66. The van der Waals surface area contributed by atoms with Crippen LogP contribution in [0.25, 0.3) is 33.1 Å². The van der Waals surface area contributed by atoms with Gasteiger partial charge in [-0.3, -0.25) is 4.98 Å². The number of pyridine rings is 1. The minimum absolute atomic E-state index is 0.443. The van der Waals surface area contributed by atoms with Crippen LogP contribution in [0.15, 0.2) is 94.6 Å². The smallest absolute Gasteiger partial charge is 0.244 e. The summed E-state index contributed by atoms with van der Waals surface area (Å²) in [6, 6.07) is 26.0. The molecule has 0 aliphatic carbocycles. The SMILES string of the molecule is Brc1ccc2nc(N/N=C/c3ccc4cccnc4c3)nc(-c3ccccc3)c2c1. The second-order valence-corrected chi connectivity index (χ2v) is 7.66. The first-order valence-electron chi connectivity index (χ1n) is 9.43. The molecule has 3 aromatic carbocycles. The number of fused-ring (bicyclic) bond motifs is 2. The molecule has 0 radical (unpaired) electrons. The van der Waals surface area contributed by atoms with Crippen LogP contribution in [-0.4, -0.2) is 21.2 Å². The number of hydrazone groups is 1. The van der Waals surface area contributed by atoms with Crippen LogP contribution in [0.1, 0.15) is 5.56 Å². The lowest BCUT2D eigenvalue weighted by molar-refractivity contribution is 1.16. The number of nitrogens with zero attached hydrogens (tertiary/aromatic N) is 4. The molecule has 6 heteroatoms. The lowest BCUT2D eigenvalue weighted by atomic mass is 10.1. The van der Waals surface area contributed by atoms with Crippen LogP contribution in [0, 0.1) is 0 Å². The van der Waals surface area contributed by atoms with E-state index in [-0.39, 0.29) is 0 Å². The van der Waals surface area contributed by atoms with E-state index in [1.807, 2.05) is 78.9 Å². The van der Waals surface area contributed by atoms with Gasteiger partial charge in [-0.15, -0.1) is 0 Å². The zero-order chi connectivity index (χ0) is 20.3. The lowest BCUT2D eigenvalue weighted by Gasteiger charge is -2.09. The number of aromatic nitrogens is 3. The minimum Gasteiger partial charge on any atom is -0.256 e. The molecule has 0 saturated carbocycles. The molecular formula is C24H16BrN5. The molecule has 1 N–H and O–H groups in total. The molecule has 5 nitrogen and oxygen atoms in total. The molecule has 0 aliphatic rings. The Kier molecular flexibility index (Phi) is 4.91. The van der Waals surface area contributed by atoms with Crippen LogP contribution in [-0.2, 0) is 0 Å². The first-order chi connectivity index (χ1) is 14.8. The first kappa shape index (κ1) is 18.4. The molecule has 0 atom stereocenters. The Bertz CT molecular complexity index is 1380. The van der Waals surface area contributed by atoms with Crippen molar-refractivity contribution in [2.45, 2.75) is 0 Å². The summed E-state index contributed by atoms with van der Waals surface area (Å²) < 4.78 is 0.986. The lowest BCUT2D eigenvalue weighted by Crippen LogP contribution is -2.00. The molecule has 0 spiro atoms. The van der Waals surface area contributed by atoms with Gasteiger partial charge in [-0.05, 0) is 35.9 Å². The monoisotopic (exact) mass is 453 g/mol. The second-order valence-electron chi connectivity index (χ2n) is 6.75. The number of hydrogen-bond acceptors (Lipinski definition) is 5. The Hall–Kier alpha value is -3.64. The second kappa shape index (κ2) is 8.00. The van der Waals surface area contributed by atoms with Crippen LogP contribution in [0.5, 0.6) is 0 Å². The van der Waals surface area contributed by atoms with Gasteiger partial charge in [0.25, 0.3) is 0 Å². The molecular weight excluding hydrogens is 438 g/mol. The Morgan fingerprint density at radius 2 is 1.73 bits per heavy atom. The van der Waals surface area contributed by atoms with Gasteiger partial charge < -0.3 is 0 Å². The van der Waals surface area contributed by atoms with Crippen molar-refractivity contribution >= 4 is 49.9 Å². The highest BCUT2D eigenvalue weighted by Crippen LogP contribution is 2.29. The number of anilines is 1. The first-order valence-corrected chi connectivity index (χ1v) is 10.2. The Morgan fingerprint density at radius 3 is 2.63 bits per heavy atom. The Balaban J connectivity index is 1.49. The van der Waals surface area contributed by atoms with Gasteiger partial charge in [-0.1, -0.05) is 64.5 Å². The van der Waals surface area contributed by atoms with Gasteiger partial charge in [0, 0.05) is 27.0 Å². The van der Waals surface area contributed by atoms with Crippen LogP contribution in [0.2, 0.25) is 0 Å². The van der Waals surface area contributed by atoms with Crippen LogP contribution in [0.3, 0.4) is 0 Å². The molecule has 5 rings (SSSR count). The predicted octanol–water partition coefficient (Wildman–Crippen LogP) is 6.05. The minimum atomic E-state index is 0.443. The highest BCUT2D eigenvalue weighted by Gasteiger charge is 2.10. The maximum Gasteiger partial charge on any atom is 0.244 e. The maximum absolute atomic E-state index is 4.72. The van der Waals surface area contributed by atoms with Crippen molar-refractivity contribution in [1.29, 1.82) is 0 Å². The number of nitrogens with one attached hydrogen (secondary N) is 1. The standard InChI is InChI=1S/C24H16BrN5/c25-19-10-11-21-20(14-19)23(18-5-2-1-3-6-18)29-24(28-21)30-27-15-16-8-9-17-7-4-12-26-22(17)13-16/h1-15H,(H,28,29,30)/b27-15+. The Morgan fingerprint density at radius 1 is 0.833 bits per heavy atom. The van der Waals surface area contributed by atoms with Crippen molar-refractivity contribution in [3.05, 3.63) is 95.1 Å². The number of rotatable bonds is 4. The quantitative estimate of drug-likeness (QED) is 0.265. The zero-order valence-corrected chi connectivity index (χ0v) is 17.4. The average molecular weight is 454 g/mol. The summed E-state index contributed by atoms with van der Waals surface area (Å²) in [5, 5.41) is 6.41. The van der Waals surface area contributed by atoms with Crippen molar-refractivity contribution in [3.8, 4) is 11.3 Å². The van der Waals surface area contributed by atoms with Crippen LogP contribution in [0.4, 0.5) is 5.95 Å². The third-order valence-electron chi connectivity index (χ3n) is 4.71. The summed E-state index contributed by atoms with van der Waals surface area (Å²) in [5.41, 5.74) is 7.58. The highest BCUT2D eigenvalue weighted by atomic mass is 79.9. The van der Waals surface area contributed by atoms with E-state index in [9.17, 15) is 0 Å². The van der Waals surface area contributed by atoms with E-state index in [0.717, 1.165) is 43.1 Å². The van der Waals surface area contributed by atoms with Crippen molar-refractivity contribution < 1.29 is 0 Å². The number of hydrogen-bond donors (Lipinski definition) is 1. The van der Waals surface area contributed by atoms with Crippen molar-refractivity contribution in [3.63, 3.8) is 0 Å². The molecule has 0 bridgehead atoms. The van der Waals surface area contributed by atoms with Gasteiger partial charge in [0.1, 0.15) is 0 Å². The fraction of sp³-hybridized carbons (Fsp3) is 0. The van der Waals surface area contributed by atoms with E-state index >= 15 is 0 Å². The van der Waals surface area contributed by atoms with Gasteiger partial charge in [0.05, 0.1) is 22.9 Å². The van der Waals surface area contributed by atoms with Gasteiger partial charge in [0.15, 0.2) is 0 Å². The van der Waals surface area contributed by atoms with Crippen LogP contribution < -0.4 is 5.43 Å². The zero-order valence-electron chi connectivity index (χ0n) is 15.8. The molecule has 2 aromatic heterocycles. The molecule has 144 valence electrons. The van der Waals surface area contributed by atoms with Gasteiger partial charge >= 0.3 is 0 Å². The fourth-order valence-electron chi connectivity index (χ4n) is 3.30. The molecule has 0 aliphatic heterocycles. The van der Waals surface area contributed by atoms with E-state index < -0.39 is 0 Å². The third kappa shape index (κ3) is 3.77. The topological polar surface area (TPSA) is 63.1 Å². The highest BCUT2D eigenvalue weighted by molar-refractivity contribution is 9.10. The predicted molar refractivity (Wildman–Crippen MR) is 126 cm³/mol. The summed E-state index contributed by atoms with van der Waals surface area (Å²) in [6.45, 7) is 0. The Labute approximate surface area is 181 Å². The van der Waals surface area contributed by atoms with Crippen molar-refractivity contribution in [1.82, 2.24) is 15.0 Å². The van der Waals surface area contributed by atoms with Gasteiger partial charge in [-0.25, -0.2) is 15.4 Å². The normalized spacial score (nSPS) is 11.4. The maximum atomic E-state index is 4.72. The molecule has 0 saturated heterocycles. The van der Waals surface area contributed by atoms with E-state index in [4.69, 9.17) is 4.98 Å². The molecule has 0 fully saturated rings. The molecule has 5 aromatic rings. The van der Waals surface area contributed by atoms with Crippen molar-refractivity contribution in [2.75, 3.05) is 5.43 Å². The van der Waals surface area contributed by atoms with Crippen molar-refractivity contribution in [2.24, 2.45) is 5.10 Å². The third-order valence-corrected chi connectivity index (χ3v) is 5.21. The van der Waals surface area contributed by atoms with E-state index in [1.165, 1.54) is 0 Å². The van der Waals surface area contributed by atoms with Crippen LogP contribution >= 0.6 is 15.9 Å². The summed E-state index contributed by atoms with van der Waals surface area (Å²) in [4.78, 5) is 13.7. The summed E-state index contributed by atoms with van der Waals surface area (Å²) in [6.07, 6.45) is 3.53. The molecule has 30 heavy (non-hydrogen) atoms. The van der Waals surface area contributed by atoms with E-state index in [2.05, 4.69) is 36.4 Å². The summed E-state index contributed by atoms with van der Waals surface area (Å²) in [7, 11) is 0. The number of benzene rings is 3. The largest absolute Gasteiger partial charge is 0.256 e. The molecule has 0 unspecified atom stereocenters. The molecule has 2 heterocycles. The van der Waals surface area contributed by atoms with E-state index in [0.29, 0.717) is 5.95 Å². The number of halogens is 1. The average Bonchev–Trinajstić information content (AvgIpc) is 2.79. The molecule has 0 amide bonds.